The van der Waals surface area contributed by atoms with Crippen molar-refractivity contribution < 1.29 is 4.57 Å². The quantitative estimate of drug-likeness (QED) is 0.503. The van der Waals surface area contributed by atoms with E-state index in [0.29, 0.717) is 21.3 Å². The van der Waals surface area contributed by atoms with Gasteiger partial charge in [0, 0.05) is 23.9 Å². The van der Waals surface area contributed by atoms with Crippen LogP contribution in [0.5, 0.6) is 0 Å². The second-order valence-electron chi connectivity index (χ2n) is 5.46. The third-order valence-electron chi connectivity index (χ3n) is 3.30. The number of anilines is 2. The minimum atomic E-state index is -2.54. The SMILES string of the molecule is CP(C)(=O)c1cc(-n2cccn2)ccc1Nc1nc(Cl)ncc1Br. The van der Waals surface area contributed by atoms with Crippen LogP contribution in [0.4, 0.5) is 11.5 Å². The normalized spacial score (nSPS) is 11.5. The number of rotatable bonds is 4. The van der Waals surface area contributed by atoms with Gasteiger partial charge in [0.2, 0.25) is 5.28 Å². The van der Waals surface area contributed by atoms with E-state index in [4.69, 9.17) is 11.6 Å². The summed E-state index contributed by atoms with van der Waals surface area (Å²) in [5.74, 6) is 0.511. The molecule has 0 aliphatic heterocycles. The summed E-state index contributed by atoms with van der Waals surface area (Å²) in [5, 5.41) is 8.22. The maximum atomic E-state index is 12.8. The molecule has 3 aromatic rings. The minimum absolute atomic E-state index is 0.131. The molecule has 1 N–H and O–H groups in total. The second kappa shape index (κ2) is 6.67. The van der Waals surface area contributed by atoms with Crippen LogP contribution in [0.3, 0.4) is 0 Å². The van der Waals surface area contributed by atoms with E-state index >= 15 is 0 Å². The Hall–Kier alpha value is -1.69. The van der Waals surface area contributed by atoms with Gasteiger partial charge in [0.05, 0.1) is 15.8 Å². The van der Waals surface area contributed by atoms with Gasteiger partial charge >= 0.3 is 0 Å². The Balaban J connectivity index is 2.07. The molecule has 0 atom stereocenters. The molecule has 0 bridgehead atoms. The van der Waals surface area contributed by atoms with E-state index in [1.54, 1.807) is 30.4 Å². The summed E-state index contributed by atoms with van der Waals surface area (Å²) in [7, 11) is -2.54. The van der Waals surface area contributed by atoms with Crippen molar-refractivity contribution in [3.8, 4) is 5.69 Å². The van der Waals surface area contributed by atoms with Crippen LogP contribution >= 0.6 is 34.7 Å². The predicted octanol–water partition coefficient (Wildman–Crippen LogP) is 4.07. The maximum Gasteiger partial charge on any atom is 0.224 e. The lowest BCUT2D eigenvalue weighted by Gasteiger charge is -2.17. The Kier molecular flexibility index (Phi) is 4.76. The molecule has 0 aliphatic rings. The zero-order chi connectivity index (χ0) is 17.3. The highest BCUT2D eigenvalue weighted by Crippen LogP contribution is 2.39. The van der Waals surface area contributed by atoms with Crippen molar-refractivity contribution in [1.29, 1.82) is 0 Å². The van der Waals surface area contributed by atoms with E-state index in [1.165, 1.54) is 0 Å². The van der Waals surface area contributed by atoms with E-state index in [1.807, 2.05) is 30.5 Å². The minimum Gasteiger partial charge on any atom is -0.339 e. The van der Waals surface area contributed by atoms with Gasteiger partial charge < -0.3 is 9.88 Å². The summed E-state index contributed by atoms with van der Waals surface area (Å²) >= 11 is 9.24. The molecule has 2 aromatic heterocycles. The van der Waals surface area contributed by atoms with E-state index in [-0.39, 0.29) is 5.28 Å². The Labute approximate surface area is 152 Å². The van der Waals surface area contributed by atoms with Gasteiger partial charge in [0.1, 0.15) is 13.0 Å². The van der Waals surface area contributed by atoms with Crippen LogP contribution in [-0.2, 0) is 4.57 Å². The average Bonchev–Trinajstić information content (AvgIpc) is 3.04. The molecule has 0 radical (unpaired) electrons. The van der Waals surface area contributed by atoms with Gasteiger partial charge in [0.15, 0.2) is 0 Å². The monoisotopic (exact) mass is 425 g/mol. The maximum absolute atomic E-state index is 12.8. The van der Waals surface area contributed by atoms with Crippen LogP contribution in [0.2, 0.25) is 5.28 Å². The Morgan fingerprint density at radius 1 is 1.33 bits per heavy atom. The largest absolute Gasteiger partial charge is 0.339 e. The molecule has 0 fully saturated rings. The summed E-state index contributed by atoms with van der Waals surface area (Å²) in [6.07, 6.45) is 5.10. The van der Waals surface area contributed by atoms with Crippen LogP contribution in [0.1, 0.15) is 0 Å². The lowest BCUT2D eigenvalue weighted by Crippen LogP contribution is -2.12. The topological polar surface area (TPSA) is 72.7 Å². The zero-order valence-corrected chi connectivity index (χ0v) is 16.2. The number of benzene rings is 1. The van der Waals surface area contributed by atoms with Crippen molar-refractivity contribution in [2.45, 2.75) is 0 Å². The van der Waals surface area contributed by atoms with Gasteiger partial charge in [0.25, 0.3) is 0 Å². The molecule has 1 aromatic carbocycles. The van der Waals surface area contributed by atoms with Crippen LogP contribution in [0.25, 0.3) is 5.69 Å². The first-order valence-corrected chi connectivity index (χ1v) is 10.8. The summed E-state index contributed by atoms with van der Waals surface area (Å²) in [6.45, 7) is 3.45. The summed E-state index contributed by atoms with van der Waals surface area (Å²) in [6, 6.07) is 7.45. The number of hydrogen-bond acceptors (Lipinski definition) is 5. The number of halogens is 2. The first kappa shape index (κ1) is 17.1. The van der Waals surface area contributed by atoms with E-state index in [2.05, 4.69) is 36.3 Å². The number of nitrogens with one attached hydrogen (secondary N) is 1. The Morgan fingerprint density at radius 3 is 2.79 bits per heavy atom. The molecule has 9 heteroatoms. The van der Waals surface area contributed by atoms with Crippen molar-refractivity contribution in [2.24, 2.45) is 0 Å². The highest BCUT2D eigenvalue weighted by molar-refractivity contribution is 9.10. The first-order chi connectivity index (χ1) is 11.3. The second-order valence-corrected chi connectivity index (χ2v) is 9.84. The van der Waals surface area contributed by atoms with Crippen molar-refractivity contribution in [2.75, 3.05) is 18.6 Å². The number of aromatic nitrogens is 4. The lowest BCUT2D eigenvalue weighted by atomic mass is 10.2. The average molecular weight is 427 g/mol. The molecule has 0 unspecified atom stereocenters. The molecule has 2 heterocycles. The zero-order valence-electron chi connectivity index (χ0n) is 12.9. The molecule has 0 spiro atoms. The lowest BCUT2D eigenvalue weighted by molar-refractivity contribution is 0.588. The molecular weight excluding hydrogens is 413 g/mol. The molecule has 0 saturated carbocycles. The smallest absolute Gasteiger partial charge is 0.224 e. The van der Waals surface area contributed by atoms with Crippen molar-refractivity contribution >= 4 is 51.5 Å². The number of hydrogen-bond donors (Lipinski definition) is 1. The van der Waals surface area contributed by atoms with Crippen molar-refractivity contribution in [3.63, 3.8) is 0 Å². The fourth-order valence-corrected chi connectivity index (χ4v) is 3.77. The Bertz CT molecular complexity index is 926. The van der Waals surface area contributed by atoms with Crippen LogP contribution < -0.4 is 10.6 Å². The molecular formula is C15H14BrClN5OP. The van der Waals surface area contributed by atoms with Crippen molar-refractivity contribution in [3.05, 3.63) is 52.6 Å². The van der Waals surface area contributed by atoms with Gasteiger partial charge in [-0.2, -0.15) is 10.1 Å². The molecule has 6 nitrogen and oxygen atoms in total. The highest BCUT2D eigenvalue weighted by atomic mass is 79.9. The van der Waals surface area contributed by atoms with Gasteiger partial charge in [-0.1, -0.05) is 0 Å². The summed E-state index contributed by atoms with van der Waals surface area (Å²) in [5.41, 5.74) is 1.54. The predicted molar refractivity (Wildman–Crippen MR) is 101 cm³/mol. The first-order valence-electron chi connectivity index (χ1n) is 6.99. The molecule has 124 valence electrons. The van der Waals surface area contributed by atoms with E-state index in [9.17, 15) is 4.57 Å². The standard InChI is InChI=1S/C15H14BrClN5OP/c1-24(2,23)13-8-10(22-7-3-6-19-22)4-5-12(13)20-14-11(16)9-18-15(17)21-14/h3-9H,1-2H3,(H,18,20,21). The summed E-state index contributed by atoms with van der Waals surface area (Å²) < 4.78 is 15.1. The van der Waals surface area contributed by atoms with Crippen molar-refractivity contribution in [1.82, 2.24) is 19.7 Å². The highest BCUT2D eigenvalue weighted by Gasteiger charge is 2.19. The fourth-order valence-electron chi connectivity index (χ4n) is 2.20. The van der Waals surface area contributed by atoms with E-state index in [0.717, 1.165) is 5.69 Å². The van der Waals surface area contributed by atoms with Gasteiger partial charge in [-0.15, -0.1) is 0 Å². The molecule has 0 saturated heterocycles. The van der Waals surface area contributed by atoms with Gasteiger partial charge in [-0.3, -0.25) is 0 Å². The fraction of sp³-hybridized carbons (Fsp3) is 0.133. The molecule has 0 aliphatic carbocycles. The van der Waals surface area contributed by atoms with Gasteiger partial charge in [-0.25, -0.2) is 9.67 Å². The van der Waals surface area contributed by atoms with Crippen LogP contribution in [-0.4, -0.2) is 33.1 Å². The van der Waals surface area contributed by atoms with E-state index < -0.39 is 7.14 Å². The summed E-state index contributed by atoms with van der Waals surface area (Å²) in [4.78, 5) is 8.05. The van der Waals surface area contributed by atoms with Crippen LogP contribution in [0.15, 0.2) is 47.3 Å². The molecule has 3 rings (SSSR count). The molecule has 0 amide bonds. The molecule has 24 heavy (non-hydrogen) atoms. The van der Waals surface area contributed by atoms with Gasteiger partial charge in [-0.05, 0) is 65.1 Å². The third kappa shape index (κ3) is 3.69. The number of nitrogens with zero attached hydrogens (tertiary/aromatic N) is 4. The third-order valence-corrected chi connectivity index (χ3v) is 5.59. The Morgan fingerprint density at radius 2 is 2.12 bits per heavy atom. The van der Waals surface area contributed by atoms with Crippen LogP contribution in [0, 0.1) is 0 Å².